The van der Waals surface area contributed by atoms with Gasteiger partial charge in [-0.25, -0.2) is 4.98 Å². The molecule has 1 fully saturated rings. The molecule has 110 valence electrons. The lowest BCUT2D eigenvalue weighted by molar-refractivity contribution is 0.208. The molecule has 1 aromatic heterocycles. The molecular formula is C17H20FN3. The number of hydrogen-bond acceptors (Lipinski definition) is 3. The number of aromatic nitrogens is 1. The van der Waals surface area contributed by atoms with Gasteiger partial charge >= 0.3 is 0 Å². The molecule has 0 spiro atoms. The quantitative estimate of drug-likeness (QED) is 0.874. The Morgan fingerprint density at radius 2 is 2.00 bits per heavy atom. The van der Waals surface area contributed by atoms with Gasteiger partial charge in [-0.2, -0.15) is 4.39 Å². The molecule has 0 radical (unpaired) electrons. The minimum atomic E-state index is -0.433. The summed E-state index contributed by atoms with van der Waals surface area (Å²) >= 11 is 0. The second-order valence-electron chi connectivity index (χ2n) is 5.55. The van der Waals surface area contributed by atoms with Crippen LogP contribution in [0.4, 0.5) is 10.2 Å². The van der Waals surface area contributed by atoms with E-state index in [1.54, 1.807) is 6.07 Å². The second-order valence-corrected chi connectivity index (χ2v) is 5.55. The normalized spacial score (nSPS) is 19.4. The van der Waals surface area contributed by atoms with E-state index in [4.69, 9.17) is 0 Å². The molecule has 3 nitrogen and oxygen atoms in total. The van der Waals surface area contributed by atoms with Crippen molar-refractivity contribution >= 4 is 5.82 Å². The highest BCUT2D eigenvalue weighted by molar-refractivity contribution is 5.35. The monoisotopic (exact) mass is 285 g/mol. The summed E-state index contributed by atoms with van der Waals surface area (Å²) in [6.07, 6.45) is 2.25. The van der Waals surface area contributed by atoms with Gasteiger partial charge in [-0.15, -0.1) is 0 Å². The summed E-state index contributed by atoms with van der Waals surface area (Å²) in [5, 5.41) is 3.34. The Kier molecular flexibility index (Phi) is 4.46. The average Bonchev–Trinajstić information content (AvgIpc) is 2.49. The summed E-state index contributed by atoms with van der Waals surface area (Å²) in [5.41, 5.74) is 1.34. The standard InChI is InChI=1S/C17H20FN3/c18-16-9-4-10-17(20-16)19-15-8-5-11-21(13-15)12-14-6-2-1-3-7-14/h1-4,6-7,9-10,15H,5,8,11-13H2,(H,19,20). The number of hydrogen-bond donors (Lipinski definition) is 1. The number of nitrogens with zero attached hydrogens (tertiary/aromatic N) is 2. The fourth-order valence-corrected chi connectivity index (χ4v) is 2.86. The molecule has 1 aromatic carbocycles. The van der Waals surface area contributed by atoms with E-state index < -0.39 is 5.95 Å². The first-order valence-electron chi connectivity index (χ1n) is 7.45. The van der Waals surface area contributed by atoms with E-state index in [1.807, 2.05) is 12.1 Å². The molecule has 3 rings (SSSR count). The van der Waals surface area contributed by atoms with Crippen LogP contribution in [0.2, 0.25) is 0 Å². The first-order valence-corrected chi connectivity index (χ1v) is 7.45. The van der Waals surface area contributed by atoms with Crippen LogP contribution in [0.25, 0.3) is 0 Å². The number of benzene rings is 1. The Bertz CT molecular complexity index is 573. The third-order valence-electron chi connectivity index (χ3n) is 3.82. The summed E-state index contributed by atoms with van der Waals surface area (Å²) in [6.45, 7) is 3.05. The minimum absolute atomic E-state index is 0.330. The Hall–Kier alpha value is -1.94. The Labute approximate surface area is 124 Å². The molecule has 1 N–H and O–H groups in total. The lowest BCUT2D eigenvalue weighted by Gasteiger charge is -2.33. The van der Waals surface area contributed by atoms with Crippen LogP contribution in [0.15, 0.2) is 48.5 Å². The van der Waals surface area contributed by atoms with Crippen molar-refractivity contribution in [2.75, 3.05) is 18.4 Å². The van der Waals surface area contributed by atoms with Crippen LogP contribution >= 0.6 is 0 Å². The predicted octanol–water partition coefficient (Wildman–Crippen LogP) is 3.30. The second kappa shape index (κ2) is 6.68. The highest BCUT2D eigenvalue weighted by Gasteiger charge is 2.20. The third-order valence-corrected chi connectivity index (χ3v) is 3.82. The summed E-state index contributed by atoms with van der Waals surface area (Å²) in [6, 6.07) is 15.7. The summed E-state index contributed by atoms with van der Waals surface area (Å²) in [7, 11) is 0. The molecule has 0 saturated carbocycles. The number of halogens is 1. The van der Waals surface area contributed by atoms with Gasteiger partial charge < -0.3 is 5.32 Å². The molecule has 1 aliphatic rings. The summed E-state index contributed by atoms with van der Waals surface area (Å²) in [4.78, 5) is 6.32. The van der Waals surface area contributed by atoms with Crippen molar-refractivity contribution in [1.82, 2.24) is 9.88 Å². The molecule has 1 unspecified atom stereocenters. The predicted molar refractivity (Wildman–Crippen MR) is 82.6 cm³/mol. The first kappa shape index (κ1) is 14.0. The highest BCUT2D eigenvalue weighted by Crippen LogP contribution is 2.17. The van der Waals surface area contributed by atoms with Gasteiger partial charge in [0.05, 0.1) is 0 Å². The molecule has 0 amide bonds. The van der Waals surface area contributed by atoms with Crippen molar-refractivity contribution in [3.63, 3.8) is 0 Å². The van der Waals surface area contributed by atoms with Crippen LogP contribution in [-0.2, 0) is 6.54 Å². The zero-order chi connectivity index (χ0) is 14.5. The lowest BCUT2D eigenvalue weighted by atomic mass is 10.0. The summed E-state index contributed by atoms with van der Waals surface area (Å²) < 4.78 is 13.1. The van der Waals surface area contributed by atoms with Gasteiger partial charge in [0.2, 0.25) is 5.95 Å². The topological polar surface area (TPSA) is 28.2 Å². The molecule has 0 bridgehead atoms. The van der Waals surface area contributed by atoms with Crippen LogP contribution in [0.5, 0.6) is 0 Å². The number of likely N-dealkylation sites (tertiary alicyclic amines) is 1. The number of rotatable bonds is 4. The van der Waals surface area contributed by atoms with Crippen molar-refractivity contribution in [3.8, 4) is 0 Å². The van der Waals surface area contributed by atoms with E-state index in [-0.39, 0.29) is 0 Å². The Balaban J connectivity index is 1.58. The number of nitrogens with one attached hydrogen (secondary N) is 1. The summed E-state index contributed by atoms with van der Waals surface area (Å²) in [5.74, 6) is 0.193. The van der Waals surface area contributed by atoms with Crippen molar-refractivity contribution in [3.05, 3.63) is 60.0 Å². The number of pyridine rings is 1. The van der Waals surface area contributed by atoms with Crippen molar-refractivity contribution in [1.29, 1.82) is 0 Å². The maximum Gasteiger partial charge on any atom is 0.214 e. The molecule has 2 aromatic rings. The van der Waals surface area contributed by atoms with Crippen LogP contribution < -0.4 is 5.32 Å². The zero-order valence-electron chi connectivity index (χ0n) is 12.0. The van der Waals surface area contributed by atoms with Crippen LogP contribution in [-0.4, -0.2) is 29.0 Å². The molecule has 4 heteroatoms. The van der Waals surface area contributed by atoms with E-state index >= 15 is 0 Å². The van der Waals surface area contributed by atoms with Gasteiger partial charge in [0.25, 0.3) is 0 Å². The average molecular weight is 285 g/mol. The highest BCUT2D eigenvalue weighted by atomic mass is 19.1. The van der Waals surface area contributed by atoms with E-state index in [0.29, 0.717) is 11.9 Å². The van der Waals surface area contributed by atoms with Gasteiger partial charge in [0.15, 0.2) is 0 Å². The molecule has 0 aliphatic carbocycles. The van der Waals surface area contributed by atoms with Crippen LogP contribution in [0, 0.1) is 5.95 Å². The minimum Gasteiger partial charge on any atom is -0.366 e. The zero-order valence-corrected chi connectivity index (χ0v) is 12.0. The molecule has 2 heterocycles. The molecule has 1 saturated heterocycles. The van der Waals surface area contributed by atoms with Gasteiger partial charge in [0, 0.05) is 19.1 Å². The lowest BCUT2D eigenvalue weighted by Crippen LogP contribution is -2.41. The van der Waals surface area contributed by atoms with Gasteiger partial charge in [-0.3, -0.25) is 4.90 Å². The maximum absolute atomic E-state index is 13.1. The van der Waals surface area contributed by atoms with Gasteiger partial charge in [0.1, 0.15) is 5.82 Å². The van der Waals surface area contributed by atoms with Crippen LogP contribution in [0.1, 0.15) is 18.4 Å². The van der Waals surface area contributed by atoms with Crippen molar-refractivity contribution in [2.24, 2.45) is 0 Å². The van der Waals surface area contributed by atoms with Crippen LogP contribution in [0.3, 0.4) is 0 Å². The van der Waals surface area contributed by atoms with E-state index in [9.17, 15) is 4.39 Å². The molecule has 1 atom stereocenters. The van der Waals surface area contributed by atoms with E-state index in [2.05, 4.69) is 39.5 Å². The molecule has 21 heavy (non-hydrogen) atoms. The van der Waals surface area contributed by atoms with Gasteiger partial charge in [-0.1, -0.05) is 36.4 Å². The number of piperidine rings is 1. The fraction of sp³-hybridized carbons (Fsp3) is 0.353. The molecular weight excluding hydrogens is 265 g/mol. The Morgan fingerprint density at radius 1 is 1.14 bits per heavy atom. The smallest absolute Gasteiger partial charge is 0.214 e. The maximum atomic E-state index is 13.1. The van der Waals surface area contributed by atoms with E-state index in [1.165, 1.54) is 11.6 Å². The first-order chi connectivity index (χ1) is 10.3. The van der Waals surface area contributed by atoms with Crippen molar-refractivity contribution in [2.45, 2.75) is 25.4 Å². The third kappa shape index (κ3) is 4.02. The molecule has 1 aliphatic heterocycles. The fourth-order valence-electron chi connectivity index (χ4n) is 2.86. The van der Waals surface area contributed by atoms with E-state index in [0.717, 1.165) is 32.5 Å². The number of anilines is 1. The van der Waals surface area contributed by atoms with Crippen molar-refractivity contribution < 1.29 is 4.39 Å². The largest absolute Gasteiger partial charge is 0.366 e. The Morgan fingerprint density at radius 3 is 2.81 bits per heavy atom. The van der Waals surface area contributed by atoms with Gasteiger partial charge in [-0.05, 0) is 37.1 Å². The SMILES string of the molecule is Fc1cccc(NC2CCCN(Cc3ccccc3)C2)n1.